The van der Waals surface area contributed by atoms with E-state index in [9.17, 15) is 0 Å². The van der Waals surface area contributed by atoms with Gasteiger partial charge in [0.15, 0.2) is 11.6 Å². The normalized spacial score (nSPS) is 12.8. The molecule has 1 aromatic carbocycles. The van der Waals surface area contributed by atoms with Crippen molar-refractivity contribution in [2.75, 3.05) is 38.4 Å². The summed E-state index contributed by atoms with van der Waals surface area (Å²) in [6, 6.07) is 8.60. The fraction of sp³-hybridized carbons (Fsp3) is 0.353. The summed E-state index contributed by atoms with van der Waals surface area (Å²) in [5.41, 5.74) is 3.60. The van der Waals surface area contributed by atoms with E-state index in [1.165, 1.54) is 16.0 Å². The van der Waals surface area contributed by atoms with Gasteiger partial charge in [0.1, 0.15) is 0 Å². The van der Waals surface area contributed by atoms with Gasteiger partial charge in [0.05, 0.1) is 13.2 Å². The zero-order valence-corrected chi connectivity index (χ0v) is 13.7. The molecule has 0 saturated carbocycles. The summed E-state index contributed by atoms with van der Waals surface area (Å²) in [7, 11) is 1.69. The number of nitrogens with zero attached hydrogens (tertiary/aromatic N) is 1. The first-order chi connectivity index (χ1) is 10.8. The molecule has 0 fully saturated rings. The highest BCUT2D eigenvalue weighted by atomic mass is 32.2. The number of fused-ring (bicyclic) bond motifs is 1. The van der Waals surface area contributed by atoms with Crippen LogP contribution < -0.4 is 10.1 Å². The smallest absolute Gasteiger partial charge is 0.169 e. The molecular formula is C17H20N2O2S. The van der Waals surface area contributed by atoms with Gasteiger partial charge in [-0.15, -0.1) is 11.8 Å². The second kappa shape index (κ2) is 7.03. The molecule has 116 valence electrons. The minimum absolute atomic E-state index is 0.647. The maximum Gasteiger partial charge on any atom is 0.169 e. The van der Waals surface area contributed by atoms with Crippen molar-refractivity contribution in [2.24, 2.45) is 0 Å². The van der Waals surface area contributed by atoms with Crippen LogP contribution in [0.1, 0.15) is 5.56 Å². The zero-order chi connectivity index (χ0) is 15.4. The average Bonchev–Trinajstić information content (AvgIpc) is 3.05. The third kappa shape index (κ3) is 3.05. The van der Waals surface area contributed by atoms with Crippen LogP contribution in [0.15, 0.2) is 35.4 Å². The highest BCUT2D eigenvalue weighted by Crippen LogP contribution is 2.39. The van der Waals surface area contributed by atoms with Crippen molar-refractivity contribution in [1.82, 2.24) is 4.98 Å². The molecule has 1 aromatic heterocycles. The van der Waals surface area contributed by atoms with Crippen molar-refractivity contribution in [1.29, 1.82) is 0 Å². The van der Waals surface area contributed by atoms with Crippen LogP contribution in [-0.2, 0) is 11.2 Å². The molecule has 0 saturated heterocycles. The van der Waals surface area contributed by atoms with E-state index in [4.69, 9.17) is 9.47 Å². The molecule has 0 amide bonds. The van der Waals surface area contributed by atoms with Crippen LogP contribution in [-0.4, -0.2) is 38.1 Å². The number of nitrogens with one attached hydrogen (secondary N) is 1. The Labute approximate surface area is 135 Å². The first-order valence-corrected chi connectivity index (χ1v) is 8.58. The fourth-order valence-corrected chi connectivity index (χ4v) is 3.01. The van der Waals surface area contributed by atoms with Crippen molar-refractivity contribution < 1.29 is 9.47 Å². The number of thioether (sulfide) groups is 1. The number of anilines is 1. The molecule has 3 rings (SSSR count). The Morgan fingerprint density at radius 1 is 1.32 bits per heavy atom. The summed E-state index contributed by atoms with van der Waals surface area (Å²) < 4.78 is 10.9. The Bertz CT molecular complexity index is 644. The Balaban J connectivity index is 1.91. The van der Waals surface area contributed by atoms with Crippen molar-refractivity contribution in [2.45, 2.75) is 11.3 Å². The lowest BCUT2D eigenvalue weighted by atomic mass is 10.0. The number of aromatic nitrogens is 1. The standard InChI is InChI=1S/C17H20N2O2S/c1-20-10-8-18-17-16-14(7-9-21-16)15(11-19-17)12-3-5-13(22-2)6-4-12/h3-6,11H,7-10H2,1-2H3,(H,18,19). The van der Waals surface area contributed by atoms with E-state index in [1.807, 2.05) is 6.20 Å². The van der Waals surface area contributed by atoms with Gasteiger partial charge in [-0.25, -0.2) is 4.98 Å². The monoisotopic (exact) mass is 316 g/mol. The van der Waals surface area contributed by atoms with Crippen molar-refractivity contribution >= 4 is 17.6 Å². The first-order valence-electron chi connectivity index (χ1n) is 7.35. The molecule has 4 nitrogen and oxygen atoms in total. The van der Waals surface area contributed by atoms with Gasteiger partial charge in [-0.2, -0.15) is 0 Å². The lowest BCUT2D eigenvalue weighted by Crippen LogP contribution is -2.09. The Morgan fingerprint density at radius 2 is 2.14 bits per heavy atom. The lowest BCUT2D eigenvalue weighted by Gasteiger charge is -2.13. The molecule has 0 unspecified atom stereocenters. The maximum atomic E-state index is 5.80. The molecule has 1 N–H and O–H groups in total. The van der Waals surface area contributed by atoms with Crippen LogP contribution >= 0.6 is 11.8 Å². The van der Waals surface area contributed by atoms with Crippen molar-refractivity contribution in [3.63, 3.8) is 0 Å². The van der Waals surface area contributed by atoms with Gasteiger partial charge >= 0.3 is 0 Å². The highest BCUT2D eigenvalue weighted by Gasteiger charge is 2.22. The number of pyridine rings is 1. The minimum atomic E-state index is 0.647. The number of methoxy groups -OCH3 is 1. The van der Waals surface area contributed by atoms with Gasteiger partial charge in [-0.05, 0) is 24.0 Å². The molecule has 0 bridgehead atoms. The van der Waals surface area contributed by atoms with E-state index in [2.05, 4.69) is 40.8 Å². The number of ether oxygens (including phenoxy) is 2. The van der Waals surface area contributed by atoms with Crippen LogP contribution in [0.4, 0.5) is 5.82 Å². The van der Waals surface area contributed by atoms with Gasteiger partial charge in [-0.1, -0.05) is 12.1 Å². The fourth-order valence-electron chi connectivity index (χ4n) is 2.61. The summed E-state index contributed by atoms with van der Waals surface area (Å²) in [5.74, 6) is 1.71. The SMILES string of the molecule is COCCNc1ncc(-c2ccc(SC)cc2)c2c1OCC2. The van der Waals surface area contributed by atoms with Gasteiger partial charge in [0.2, 0.25) is 0 Å². The minimum Gasteiger partial charge on any atom is -0.489 e. The van der Waals surface area contributed by atoms with E-state index in [-0.39, 0.29) is 0 Å². The summed E-state index contributed by atoms with van der Waals surface area (Å²) in [4.78, 5) is 5.81. The molecule has 1 aliphatic heterocycles. The van der Waals surface area contributed by atoms with Crippen LogP contribution in [0.3, 0.4) is 0 Å². The molecule has 0 atom stereocenters. The molecule has 2 aromatic rings. The summed E-state index contributed by atoms with van der Waals surface area (Å²) in [6.45, 7) is 2.09. The maximum absolute atomic E-state index is 5.80. The molecule has 0 spiro atoms. The van der Waals surface area contributed by atoms with E-state index in [0.29, 0.717) is 6.61 Å². The Morgan fingerprint density at radius 3 is 2.86 bits per heavy atom. The predicted molar refractivity (Wildman–Crippen MR) is 91.0 cm³/mol. The Kier molecular flexibility index (Phi) is 4.85. The topological polar surface area (TPSA) is 43.4 Å². The summed E-state index contributed by atoms with van der Waals surface area (Å²) >= 11 is 1.75. The van der Waals surface area contributed by atoms with Crippen molar-refractivity contribution in [3.8, 4) is 16.9 Å². The van der Waals surface area contributed by atoms with Gasteiger partial charge < -0.3 is 14.8 Å². The van der Waals surface area contributed by atoms with E-state index in [1.54, 1.807) is 18.9 Å². The third-order valence-electron chi connectivity index (χ3n) is 3.74. The number of hydrogen-bond donors (Lipinski definition) is 1. The highest BCUT2D eigenvalue weighted by molar-refractivity contribution is 7.98. The van der Waals surface area contributed by atoms with Crippen LogP contribution in [0.2, 0.25) is 0 Å². The van der Waals surface area contributed by atoms with Crippen LogP contribution in [0.25, 0.3) is 11.1 Å². The molecule has 2 heterocycles. The third-order valence-corrected chi connectivity index (χ3v) is 4.48. The average molecular weight is 316 g/mol. The molecule has 5 heteroatoms. The summed E-state index contributed by atoms with van der Waals surface area (Å²) in [6.07, 6.45) is 4.95. The molecular weight excluding hydrogens is 296 g/mol. The number of benzene rings is 1. The first kappa shape index (κ1) is 15.2. The predicted octanol–water partition coefficient (Wildman–Crippen LogP) is 3.46. The molecule has 0 aliphatic carbocycles. The molecule has 0 radical (unpaired) electrons. The second-order valence-electron chi connectivity index (χ2n) is 5.07. The van der Waals surface area contributed by atoms with E-state index in [0.717, 1.165) is 36.7 Å². The lowest BCUT2D eigenvalue weighted by molar-refractivity contribution is 0.210. The van der Waals surface area contributed by atoms with E-state index < -0.39 is 0 Å². The largest absolute Gasteiger partial charge is 0.489 e. The molecule has 22 heavy (non-hydrogen) atoms. The van der Waals surface area contributed by atoms with Gasteiger partial charge in [-0.3, -0.25) is 0 Å². The zero-order valence-electron chi connectivity index (χ0n) is 12.9. The van der Waals surface area contributed by atoms with E-state index >= 15 is 0 Å². The second-order valence-corrected chi connectivity index (χ2v) is 5.95. The number of hydrogen-bond acceptors (Lipinski definition) is 5. The van der Waals surface area contributed by atoms with Crippen LogP contribution in [0, 0.1) is 0 Å². The van der Waals surface area contributed by atoms with Crippen molar-refractivity contribution in [3.05, 3.63) is 36.0 Å². The van der Waals surface area contributed by atoms with Gasteiger partial charge in [0, 0.05) is 42.3 Å². The summed E-state index contributed by atoms with van der Waals surface area (Å²) in [5, 5.41) is 3.28. The quantitative estimate of drug-likeness (QED) is 0.653. The Hall–Kier alpha value is -1.72. The number of rotatable bonds is 6. The van der Waals surface area contributed by atoms with Crippen LogP contribution in [0.5, 0.6) is 5.75 Å². The molecule has 1 aliphatic rings. The van der Waals surface area contributed by atoms with Gasteiger partial charge in [0.25, 0.3) is 0 Å².